The van der Waals surface area contributed by atoms with Gasteiger partial charge in [-0.05, 0) is 57.1 Å². The summed E-state index contributed by atoms with van der Waals surface area (Å²) >= 11 is 0. The number of nitrogens with zero attached hydrogens (tertiary/aromatic N) is 1. The van der Waals surface area contributed by atoms with Gasteiger partial charge in [0, 0.05) is 17.7 Å². The summed E-state index contributed by atoms with van der Waals surface area (Å²) in [5, 5.41) is 15.1. The van der Waals surface area contributed by atoms with Crippen molar-refractivity contribution < 1.29 is 23.5 Å². The maximum Gasteiger partial charge on any atom is 0.241 e. The van der Waals surface area contributed by atoms with Crippen LogP contribution in [-0.2, 0) is 9.59 Å². The van der Waals surface area contributed by atoms with E-state index in [1.54, 1.807) is 25.1 Å². The minimum atomic E-state index is -1.02. The van der Waals surface area contributed by atoms with Crippen LogP contribution in [0, 0.1) is 17.6 Å². The number of nitrogens with one attached hydrogen (secondary N) is 2. The second-order valence-corrected chi connectivity index (χ2v) is 7.11. The minimum absolute atomic E-state index is 0.0146. The summed E-state index contributed by atoms with van der Waals surface area (Å²) < 4.78 is 26.3. The summed E-state index contributed by atoms with van der Waals surface area (Å²) in [6.45, 7) is 2.83. The van der Waals surface area contributed by atoms with Gasteiger partial charge in [-0.25, -0.2) is 8.78 Å². The number of likely N-dealkylation sites (tertiary alicyclic amines) is 1. The molecule has 1 saturated heterocycles. The van der Waals surface area contributed by atoms with E-state index in [1.165, 1.54) is 12.1 Å². The lowest BCUT2D eigenvalue weighted by Crippen LogP contribution is -2.47. The highest BCUT2D eigenvalue weighted by molar-refractivity contribution is 5.95. The van der Waals surface area contributed by atoms with Crippen molar-refractivity contribution in [1.82, 2.24) is 4.90 Å². The molecule has 3 N–H and O–H groups in total. The standard InChI is InChI=1S/C21H23F2N3O3/c1-13(20(28)24-15-6-7-16(22)17(23)12-15)26-10-8-14(9-11-26)21(29)25-18-4-2-3-5-19(18)27/h2-7,12-14,27H,8-11H2,1H3,(H,24,28)(H,25,29). The van der Waals surface area contributed by atoms with Gasteiger partial charge in [0.1, 0.15) is 5.75 Å². The van der Waals surface area contributed by atoms with E-state index in [1.807, 2.05) is 4.90 Å². The van der Waals surface area contributed by atoms with Crippen molar-refractivity contribution in [2.24, 2.45) is 5.92 Å². The van der Waals surface area contributed by atoms with Gasteiger partial charge in [0.15, 0.2) is 11.6 Å². The summed E-state index contributed by atoms with van der Waals surface area (Å²) in [4.78, 5) is 26.8. The lowest BCUT2D eigenvalue weighted by molar-refractivity contribution is -0.123. The Kier molecular flexibility index (Phi) is 6.43. The summed E-state index contributed by atoms with van der Waals surface area (Å²) in [5.74, 6) is -2.68. The first-order valence-corrected chi connectivity index (χ1v) is 9.44. The normalized spacial score (nSPS) is 16.2. The highest BCUT2D eigenvalue weighted by Gasteiger charge is 2.30. The number of halogens is 2. The monoisotopic (exact) mass is 403 g/mol. The summed E-state index contributed by atoms with van der Waals surface area (Å²) in [6, 6.07) is 9.27. The molecular formula is C21H23F2N3O3. The van der Waals surface area contributed by atoms with Crippen LogP contribution in [0.4, 0.5) is 20.2 Å². The van der Waals surface area contributed by atoms with Crippen LogP contribution in [0.1, 0.15) is 19.8 Å². The molecule has 0 spiro atoms. The molecule has 2 aromatic carbocycles. The van der Waals surface area contributed by atoms with E-state index in [2.05, 4.69) is 10.6 Å². The zero-order valence-corrected chi connectivity index (χ0v) is 16.0. The number of para-hydroxylation sites is 2. The highest BCUT2D eigenvalue weighted by atomic mass is 19.2. The van der Waals surface area contributed by atoms with Crippen molar-refractivity contribution >= 4 is 23.2 Å². The van der Waals surface area contributed by atoms with Crippen molar-refractivity contribution in [3.05, 3.63) is 54.1 Å². The van der Waals surface area contributed by atoms with Crippen LogP contribution in [0.5, 0.6) is 5.75 Å². The Morgan fingerprint density at radius 3 is 2.41 bits per heavy atom. The van der Waals surface area contributed by atoms with Crippen molar-refractivity contribution in [2.75, 3.05) is 23.7 Å². The number of phenolic OH excluding ortho intramolecular Hbond substituents is 1. The van der Waals surface area contributed by atoms with E-state index in [-0.39, 0.29) is 29.2 Å². The summed E-state index contributed by atoms with van der Waals surface area (Å²) in [6.07, 6.45) is 1.14. The zero-order chi connectivity index (χ0) is 21.0. The molecule has 2 amide bonds. The average Bonchev–Trinajstić information content (AvgIpc) is 2.72. The fraction of sp³-hybridized carbons (Fsp3) is 0.333. The molecule has 29 heavy (non-hydrogen) atoms. The Labute approximate surface area is 167 Å². The van der Waals surface area contributed by atoms with Gasteiger partial charge >= 0.3 is 0 Å². The number of carbonyl (C=O) groups excluding carboxylic acids is 2. The number of phenols is 1. The number of rotatable bonds is 5. The molecule has 8 heteroatoms. The summed E-state index contributed by atoms with van der Waals surface area (Å²) in [7, 11) is 0. The van der Waals surface area contributed by atoms with Crippen molar-refractivity contribution in [3.8, 4) is 5.75 Å². The number of carbonyl (C=O) groups is 2. The van der Waals surface area contributed by atoms with Crippen LogP contribution < -0.4 is 10.6 Å². The predicted octanol–water partition coefficient (Wildman–Crippen LogP) is 3.35. The largest absolute Gasteiger partial charge is 0.506 e. The van der Waals surface area contributed by atoms with Crippen LogP contribution >= 0.6 is 0 Å². The van der Waals surface area contributed by atoms with Crippen LogP contribution in [0.3, 0.4) is 0 Å². The SMILES string of the molecule is CC(C(=O)Nc1ccc(F)c(F)c1)N1CCC(C(=O)Nc2ccccc2O)CC1. The third-order valence-electron chi connectivity index (χ3n) is 5.18. The molecule has 154 valence electrons. The Morgan fingerprint density at radius 2 is 1.76 bits per heavy atom. The molecule has 6 nitrogen and oxygen atoms in total. The molecule has 3 rings (SSSR count). The first-order valence-electron chi connectivity index (χ1n) is 9.44. The zero-order valence-electron chi connectivity index (χ0n) is 16.0. The van der Waals surface area contributed by atoms with Crippen molar-refractivity contribution in [3.63, 3.8) is 0 Å². The third kappa shape index (κ3) is 5.08. The van der Waals surface area contributed by atoms with Crippen molar-refractivity contribution in [1.29, 1.82) is 0 Å². The van der Waals surface area contributed by atoms with Gasteiger partial charge < -0.3 is 15.7 Å². The van der Waals surface area contributed by atoms with E-state index < -0.39 is 17.7 Å². The van der Waals surface area contributed by atoms with Crippen LogP contribution in [0.15, 0.2) is 42.5 Å². The Morgan fingerprint density at radius 1 is 1.07 bits per heavy atom. The topological polar surface area (TPSA) is 81.7 Å². The van der Waals surface area contributed by atoms with E-state index in [4.69, 9.17) is 0 Å². The van der Waals surface area contributed by atoms with Crippen LogP contribution in [-0.4, -0.2) is 41.0 Å². The Balaban J connectivity index is 1.51. The molecule has 0 aliphatic carbocycles. The second kappa shape index (κ2) is 9.00. The van der Waals surface area contributed by atoms with Crippen molar-refractivity contribution in [2.45, 2.75) is 25.8 Å². The maximum absolute atomic E-state index is 13.3. The van der Waals surface area contributed by atoms with E-state index in [9.17, 15) is 23.5 Å². The lowest BCUT2D eigenvalue weighted by Gasteiger charge is -2.34. The van der Waals surface area contributed by atoms with E-state index in [0.717, 1.165) is 12.1 Å². The van der Waals surface area contributed by atoms with Gasteiger partial charge in [0.25, 0.3) is 0 Å². The molecule has 1 aliphatic heterocycles. The summed E-state index contributed by atoms with van der Waals surface area (Å²) in [5.41, 5.74) is 0.567. The van der Waals surface area contributed by atoms with Gasteiger partial charge in [-0.2, -0.15) is 0 Å². The first-order chi connectivity index (χ1) is 13.8. The highest BCUT2D eigenvalue weighted by Crippen LogP contribution is 2.25. The molecule has 0 aromatic heterocycles. The number of aromatic hydroxyl groups is 1. The molecule has 0 radical (unpaired) electrons. The Hall–Kier alpha value is -3.00. The molecule has 1 heterocycles. The number of benzene rings is 2. The number of piperidine rings is 1. The Bertz CT molecular complexity index is 898. The molecule has 0 bridgehead atoms. The molecule has 1 aliphatic rings. The van der Waals surface area contributed by atoms with Crippen LogP contribution in [0.25, 0.3) is 0 Å². The number of hydrogen-bond acceptors (Lipinski definition) is 4. The third-order valence-corrected chi connectivity index (χ3v) is 5.18. The van der Waals surface area contributed by atoms with Gasteiger partial charge in [0.2, 0.25) is 11.8 Å². The molecule has 1 unspecified atom stereocenters. The predicted molar refractivity (Wildman–Crippen MR) is 105 cm³/mol. The molecular weight excluding hydrogens is 380 g/mol. The fourth-order valence-electron chi connectivity index (χ4n) is 3.35. The van der Waals surface area contributed by atoms with Gasteiger partial charge in [-0.15, -0.1) is 0 Å². The van der Waals surface area contributed by atoms with Gasteiger partial charge in [-0.1, -0.05) is 12.1 Å². The van der Waals surface area contributed by atoms with Gasteiger partial charge in [-0.3, -0.25) is 14.5 Å². The smallest absolute Gasteiger partial charge is 0.241 e. The molecule has 1 fully saturated rings. The fourth-order valence-corrected chi connectivity index (χ4v) is 3.35. The molecule has 1 atom stereocenters. The minimum Gasteiger partial charge on any atom is -0.506 e. The maximum atomic E-state index is 13.3. The number of amides is 2. The van der Waals surface area contributed by atoms with E-state index >= 15 is 0 Å². The first kappa shape index (κ1) is 20.7. The van der Waals surface area contributed by atoms with Crippen LogP contribution in [0.2, 0.25) is 0 Å². The lowest BCUT2D eigenvalue weighted by atomic mass is 9.94. The number of hydrogen-bond donors (Lipinski definition) is 3. The second-order valence-electron chi connectivity index (χ2n) is 7.11. The molecule has 2 aromatic rings. The quantitative estimate of drug-likeness (QED) is 0.669. The van der Waals surface area contributed by atoms with E-state index in [0.29, 0.717) is 31.6 Å². The average molecular weight is 403 g/mol. The van der Waals surface area contributed by atoms with Gasteiger partial charge in [0.05, 0.1) is 11.7 Å². The molecule has 0 saturated carbocycles. The number of anilines is 2.